The van der Waals surface area contributed by atoms with E-state index in [9.17, 15) is 0 Å². The summed E-state index contributed by atoms with van der Waals surface area (Å²) in [6.07, 6.45) is 7.47. The van der Waals surface area contributed by atoms with Gasteiger partial charge < -0.3 is 5.32 Å². The minimum Gasteiger partial charge on any atom is -0.316 e. The molecule has 1 aromatic rings. The summed E-state index contributed by atoms with van der Waals surface area (Å²) in [7, 11) is 0. The van der Waals surface area contributed by atoms with Gasteiger partial charge in [-0.1, -0.05) is 12.1 Å². The van der Waals surface area contributed by atoms with Crippen molar-refractivity contribution < 1.29 is 0 Å². The van der Waals surface area contributed by atoms with Crippen molar-refractivity contribution in [3.63, 3.8) is 0 Å². The number of halogens is 2. The van der Waals surface area contributed by atoms with Crippen LogP contribution in [0.15, 0.2) is 30.6 Å². The van der Waals surface area contributed by atoms with Gasteiger partial charge in [-0.25, -0.2) is 0 Å². The Labute approximate surface area is 108 Å². The molecule has 0 amide bonds. The van der Waals surface area contributed by atoms with Gasteiger partial charge in [0.2, 0.25) is 0 Å². The number of aromatic nitrogens is 1. The van der Waals surface area contributed by atoms with Gasteiger partial charge in [0.05, 0.1) is 0 Å². The molecule has 2 unspecified atom stereocenters. The van der Waals surface area contributed by atoms with Gasteiger partial charge in [0.1, 0.15) is 0 Å². The molecule has 0 spiro atoms. The van der Waals surface area contributed by atoms with Crippen LogP contribution in [-0.4, -0.2) is 18.1 Å². The van der Waals surface area contributed by atoms with Crippen LogP contribution in [0.1, 0.15) is 12.0 Å². The molecule has 1 aliphatic heterocycles. The van der Waals surface area contributed by atoms with Crippen LogP contribution in [0.5, 0.6) is 0 Å². The molecule has 2 atom stereocenters. The van der Waals surface area contributed by atoms with Crippen molar-refractivity contribution in [1.29, 1.82) is 0 Å². The standard InChI is InChI=1S/C12H14N2.2ClH/c1-2-9(6-13-3-1)10-4-11-7-14-8-12(11)5-10;;/h1-4,6,11-12,14H,5,7-8H2;2*1H. The Morgan fingerprint density at radius 2 is 2.12 bits per heavy atom. The number of rotatable bonds is 1. The Balaban J connectivity index is 0.000000640. The second-order valence-electron chi connectivity index (χ2n) is 4.22. The third kappa shape index (κ3) is 2.40. The van der Waals surface area contributed by atoms with Crippen molar-refractivity contribution in [3.05, 3.63) is 36.2 Å². The summed E-state index contributed by atoms with van der Waals surface area (Å²) in [4.78, 5) is 4.17. The summed E-state index contributed by atoms with van der Waals surface area (Å²) in [6, 6.07) is 4.18. The van der Waals surface area contributed by atoms with Crippen molar-refractivity contribution in [2.75, 3.05) is 13.1 Å². The molecule has 3 rings (SSSR count). The summed E-state index contributed by atoms with van der Waals surface area (Å²) in [6.45, 7) is 2.35. The molecule has 2 nitrogen and oxygen atoms in total. The molecule has 1 aromatic heterocycles. The second kappa shape index (κ2) is 5.67. The number of fused-ring (bicyclic) bond motifs is 1. The zero-order valence-corrected chi connectivity index (χ0v) is 10.6. The van der Waals surface area contributed by atoms with Crippen LogP contribution in [0, 0.1) is 11.8 Å². The fourth-order valence-electron chi connectivity index (χ4n) is 2.55. The van der Waals surface area contributed by atoms with Crippen molar-refractivity contribution in [3.8, 4) is 0 Å². The lowest BCUT2D eigenvalue weighted by atomic mass is 9.99. The lowest BCUT2D eigenvalue weighted by Crippen LogP contribution is -2.09. The third-order valence-corrected chi connectivity index (χ3v) is 3.32. The van der Waals surface area contributed by atoms with E-state index in [0.717, 1.165) is 18.4 Å². The van der Waals surface area contributed by atoms with Gasteiger partial charge in [0.25, 0.3) is 0 Å². The molecule has 0 radical (unpaired) electrons. The molecule has 1 N–H and O–H groups in total. The fourth-order valence-corrected chi connectivity index (χ4v) is 2.55. The average molecular weight is 259 g/mol. The van der Waals surface area contributed by atoms with Gasteiger partial charge in [-0.2, -0.15) is 0 Å². The summed E-state index contributed by atoms with van der Waals surface area (Å²) >= 11 is 0. The zero-order valence-electron chi connectivity index (χ0n) is 8.93. The van der Waals surface area contributed by atoms with Crippen molar-refractivity contribution in [1.82, 2.24) is 10.3 Å². The molecule has 4 heteroatoms. The van der Waals surface area contributed by atoms with Crippen LogP contribution in [-0.2, 0) is 0 Å². The first-order valence-corrected chi connectivity index (χ1v) is 5.25. The van der Waals surface area contributed by atoms with E-state index >= 15 is 0 Å². The van der Waals surface area contributed by atoms with Crippen molar-refractivity contribution in [2.45, 2.75) is 6.42 Å². The monoisotopic (exact) mass is 258 g/mol. The molecular weight excluding hydrogens is 243 g/mol. The molecule has 1 aliphatic carbocycles. The highest BCUT2D eigenvalue weighted by Gasteiger charge is 2.31. The maximum Gasteiger partial charge on any atom is 0.0342 e. The summed E-state index contributed by atoms with van der Waals surface area (Å²) in [5, 5.41) is 3.44. The summed E-state index contributed by atoms with van der Waals surface area (Å²) < 4.78 is 0. The summed E-state index contributed by atoms with van der Waals surface area (Å²) in [5.74, 6) is 1.61. The van der Waals surface area contributed by atoms with Crippen LogP contribution in [0.2, 0.25) is 0 Å². The summed E-state index contributed by atoms with van der Waals surface area (Å²) in [5.41, 5.74) is 2.80. The van der Waals surface area contributed by atoms with Crippen LogP contribution in [0.4, 0.5) is 0 Å². The second-order valence-corrected chi connectivity index (χ2v) is 4.22. The molecule has 88 valence electrons. The molecule has 0 aromatic carbocycles. The minimum atomic E-state index is 0. The topological polar surface area (TPSA) is 24.9 Å². The molecule has 16 heavy (non-hydrogen) atoms. The predicted octanol–water partition coefficient (Wildman–Crippen LogP) is 2.55. The van der Waals surface area contributed by atoms with Crippen LogP contribution in [0.25, 0.3) is 5.57 Å². The molecule has 1 fully saturated rings. The SMILES string of the molecule is C1=C(c2cccnc2)CC2CNCC12.Cl.Cl. The molecule has 0 saturated carbocycles. The van der Waals surface area contributed by atoms with E-state index in [4.69, 9.17) is 0 Å². The first kappa shape index (κ1) is 13.5. The van der Waals surface area contributed by atoms with E-state index in [-0.39, 0.29) is 24.8 Å². The van der Waals surface area contributed by atoms with Gasteiger partial charge in [0.15, 0.2) is 0 Å². The molecule has 2 heterocycles. The molecule has 0 bridgehead atoms. The van der Waals surface area contributed by atoms with Gasteiger partial charge in [0, 0.05) is 18.9 Å². The van der Waals surface area contributed by atoms with Crippen LogP contribution >= 0.6 is 24.8 Å². The number of nitrogens with zero attached hydrogens (tertiary/aromatic N) is 1. The van der Waals surface area contributed by atoms with E-state index in [1.54, 1.807) is 0 Å². The average Bonchev–Trinajstić information content (AvgIpc) is 2.78. The van der Waals surface area contributed by atoms with Gasteiger partial charge in [-0.3, -0.25) is 4.98 Å². The lowest BCUT2D eigenvalue weighted by molar-refractivity contribution is 0.536. The quantitative estimate of drug-likeness (QED) is 0.838. The Morgan fingerprint density at radius 3 is 2.81 bits per heavy atom. The maximum atomic E-state index is 4.17. The van der Waals surface area contributed by atoms with Gasteiger partial charge >= 0.3 is 0 Å². The number of hydrogen-bond donors (Lipinski definition) is 1. The fraction of sp³-hybridized carbons (Fsp3) is 0.417. The lowest BCUT2D eigenvalue weighted by Gasteiger charge is -2.05. The predicted molar refractivity (Wildman–Crippen MR) is 71.2 cm³/mol. The van der Waals surface area contributed by atoms with E-state index in [1.165, 1.54) is 24.1 Å². The minimum absolute atomic E-state index is 0. The molecule has 1 saturated heterocycles. The Hall–Kier alpha value is -0.570. The highest BCUT2D eigenvalue weighted by atomic mass is 35.5. The number of pyridine rings is 1. The highest BCUT2D eigenvalue weighted by Crippen LogP contribution is 2.37. The normalized spacial score (nSPS) is 26.4. The maximum absolute atomic E-state index is 4.17. The zero-order chi connectivity index (χ0) is 9.38. The van der Waals surface area contributed by atoms with E-state index in [2.05, 4.69) is 22.4 Å². The Kier molecular flexibility index (Phi) is 4.78. The first-order chi connectivity index (χ1) is 6.93. The first-order valence-electron chi connectivity index (χ1n) is 5.25. The van der Waals surface area contributed by atoms with E-state index in [1.807, 2.05) is 18.5 Å². The highest BCUT2D eigenvalue weighted by molar-refractivity contribution is 5.85. The van der Waals surface area contributed by atoms with E-state index in [0.29, 0.717) is 0 Å². The van der Waals surface area contributed by atoms with Gasteiger partial charge in [-0.15, -0.1) is 24.8 Å². The van der Waals surface area contributed by atoms with Crippen LogP contribution < -0.4 is 5.32 Å². The molecular formula is C12H16Cl2N2. The van der Waals surface area contributed by atoms with Crippen LogP contribution in [0.3, 0.4) is 0 Å². The third-order valence-electron chi connectivity index (χ3n) is 3.32. The smallest absolute Gasteiger partial charge is 0.0342 e. The number of hydrogen-bond acceptors (Lipinski definition) is 2. The van der Waals surface area contributed by atoms with E-state index < -0.39 is 0 Å². The Morgan fingerprint density at radius 1 is 1.25 bits per heavy atom. The Bertz CT molecular complexity index is 365. The number of allylic oxidation sites excluding steroid dienone is 1. The van der Waals surface area contributed by atoms with Crippen molar-refractivity contribution in [2.24, 2.45) is 11.8 Å². The largest absolute Gasteiger partial charge is 0.316 e. The van der Waals surface area contributed by atoms with Crippen molar-refractivity contribution >= 4 is 30.4 Å². The van der Waals surface area contributed by atoms with Gasteiger partial charge in [-0.05, 0) is 42.0 Å². The molecule has 2 aliphatic rings. The number of nitrogens with one attached hydrogen (secondary N) is 1.